The van der Waals surface area contributed by atoms with Crippen LogP contribution in [-0.2, 0) is 5.41 Å². The van der Waals surface area contributed by atoms with E-state index < -0.39 is 0 Å². The van der Waals surface area contributed by atoms with Gasteiger partial charge in [0.25, 0.3) is 0 Å². The van der Waals surface area contributed by atoms with Crippen molar-refractivity contribution in [1.82, 2.24) is 10.6 Å². The number of benzene rings is 1. The number of ether oxygens (including phenoxy) is 1. The zero-order chi connectivity index (χ0) is 16.4. The lowest BCUT2D eigenvalue weighted by Gasteiger charge is -2.19. The van der Waals surface area contributed by atoms with Crippen LogP contribution in [0.5, 0.6) is 5.75 Å². The first-order valence-corrected chi connectivity index (χ1v) is 8.18. The van der Waals surface area contributed by atoms with Crippen LogP contribution in [0.15, 0.2) is 24.3 Å². The Morgan fingerprint density at radius 2 is 1.64 bits per heavy atom. The highest BCUT2D eigenvalue weighted by Crippen LogP contribution is 2.24. The van der Waals surface area contributed by atoms with Crippen molar-refractivity contribution in [2.75, 3.05) is 19.7 Å². The van der Waals surface area contributed by atoms with Gasteiger partial charge in [-0.3, -0.25) is 0 Å². The summed E-state index contributed by atoms with van der Waals surface area (Å²) in [6.45, 7) is 10.6. The summed E-state index contributed by atoms with van der Waals surface area (Å²) >= 11 is 0. The molecule has 4 nitrogen and oxygen atoms in total. The van der Waals surface area contributed by atoms with Crippen LogP contribution in [0.25, 0.3) is 0 Å². The first-order chi connectivity index (χ1) is 10.4. The number of carbonyl (C=O) groups is 1. The van der Waals surface area contributed by atoms with Gasteiger partial charge in [0.1, 0.15) is 5.75 Å². The van der Waals surface area contributed by atoms with E-state index >= 15 is 0 Å². The predicted molar refractivity (Wildman–Crippen MR) is 91.6 cm³/mol. The van der Waals surface area contributed by atoms with Crippen LogP contribution in [-0.4, -0.2) is 25.7 Å². The Morgan fingerprint density at radius 1 is 1.05 bits per heavy atom. The Balaban J connectivity index is 2.16. The molecule has 0 heterocycles. The maximum Gasteiger partial charge on any atom is 0.314 e. The van der Waals surface area contributed by atoms with E-state index in [9.17, 15) is 4.79 Å². The molecular formula is C18H30N2O2. The minimum Gasteiger partial charge on any atom is -0.494 e. The van der Waals surface area contributed by atoms with Crippen molar-refractivity contribution in [3.63, 3.8) is 0 Å². The molecule has 0 aliphatic rings. The lowest BCUT2D eigenvalue weighted by molar-refractivity contribution is 0.239. The van der Waals surface area contributed by atoms with E-state index in [2.05, 4.69) is 50.5 Å². The van der Waals surface area contributed by atoms with Gasteiger partial charge in [-0.2, -0.15) is 0 Å². The fourth-order valence-corrected chi connectivity index (χ4v) is 1.96. The van der Waals surface area contributed by atoms with Gasteiger partial charge in [0.15, 0.2) is 0 Å². The highest BCUT2D eigenvalue weighted by atomic mass is 16.5. The Labute approximate surface area is 134 Å². The zero-order valence-corrected chi connectivity index (χ0v) is 14.4. The highest BCUT2D eigenvalue weighted by molar-refractivity contribution is 5.73. The van der Waals surface area contributed by atoms with Gasteiger partial charge >= 0.3 is 6.03 Å². The zero-order valence-electron chi connectivity index (χ0n) is 14.4. The Kier molecular flexibility index (Phi) is 7.78. The van der Waals surface area contributed by atoms with E-state index in [4.69, 9.17) is 4.74 Å². The quantitative estimate of drug-likeness (QED) is 0.717. The third kappa shape index (κ3) is 7.34. The van der Waals surface area contributed by atoms with Crippen molar-refractivity contribution in [3.05, 3.63) is 29.8 Å². The number of rotatable bonds is 8. The van der Waals surface area contributed by atoms with Gasteiger partial charge in [-0.05, 0) is 36.0 Å². The predicted octanol–water partition coefficient (Wildman–Crippen LogP) is 3.85. The lowest BCUT2D eigenvalue weighted by atomic mass is 9.87. The monoisotopic (exact) mass is 306 g/mol. The number of hydrogen-bond donors (Lipinski definition) is 2. The second-order valence-electron chi connectivity index (χ2n) is 6.51. The van der Waals surface area contributed by atoms with Crippen molar-refractivity contribution < 1.29 is 9.53 Å². The van der Waals surface area contributed by atoms with E-state index in [0.717, 1.165) is 31.6 Å². The minimum absolute atomic E-state index is 0.0945. The van der Waals surface area contributed by atoms with E-state index in [1.165, 1.54) is 5.56 Å². The number of nitrogens with one attached hydrogen (secondary N) is 2. The average molecular weight is 306 g/mol. The summed E-state index contributed by atoms with van der Waals surface area (Å²) in [6.07, 6.45) is 2.89. The van der Waals surface area contributed by atoms with Crippen LogP contribution in [0.4, 0.5) is 4.79 Å². The van der Waals surface area contributed by atoms with Crippen molar-refractivity contribution in [3.8, 4) is 5.75 Å². The maximum absolute atomic E-state index is 11.4. The molecule has 2 amide bonds. The fraction of sp³-hybridized carbons (Fsp3) is 0.611. The van der Waals surface area contributed by atoms with Gasteiger partial charge in [-0.25, -0.2) is 4.79 Å². The molecule has 0 fully saturated rings. The van der Waals surface area contributed by atoms with Crippen LogP contribution in [0, 0.1) is 0 Å². The molecule has 22 heavy (non-hydrogen) atoms. The first kappa shape index (κ1) is 18.3. The van der Waals surface area contributed by atoms with Gasteiger partial charge < -0.3 is 15.4 Å². The lowest BCUT2D eigenvalue weighted by Crippen LogP contribution is -2.36. The normalized spacial score (nSPS) is 11.1. The van der Waals surface area contributed by atoms with Gasteiger partial charge in [-0.1, -0.05) is 46.2 Å². The molecule has 1 aromatic rings. The van der Waals surface area contributed by atoms with E-state index in [1.54, 1.807) is 0 Å². The van der Waals surface area contributed by atoms with Crippen molar-refractivity contribution in [2.45, 2.75) is 52.4 Å². The summed E-state index contributed by atoms with van der Waals surface area (Å²) in [7, 11) is 0. The third-order valence-electron chi connectivity index (χ3n) is 3.41. The fourth-order valence-electron chi connectivity index (χ4n) is 1.96. The molecule has 0 aliphatic heterocycles. The molecule has 0 saturated carbocycles. The smallest absolute Gasteiger partial charge is 0.314 e. The molecule has 4 heteroatoms. The Bertz CT molecular complexity index is 435. The minimum atomic E-state index is -0.0945. The molecule has 0 aromatic heterocycles. The molecule has 0 saturated heterocycles. The summed E-state index contributed by atoms with van der Waals surface area (Å²) in [6, 6.07) is 8.13. The number of urea groups is 1. The average Bonchev–Trinajstić information content (AvgIpc) is 2.47. The molecule has 0 radical (unpaired) electrons. The van der Waals surface area contributed by atoms with Crippen molar-refractivity contribution >= 4 is 6.03 Å². The molecule has 0 bridgehead atoms. The summed E-state index contributed by atoms with van der Waals surface area (Å²) in [5.41, 5.74) is 1.46. The van der Waals surface area contributed by atoms with Crippen LogP contribution in [0.1, 0.15) is 52.5 Å². The maximum atomic E-state index is 11.4. The molecule has 0 aliphatic carbocycles. The second kappa shape index (κ2) is 9.34. The summed E-state index contributed by atoms with van der Waals surface area (Å²) in [4.78, 5) is 11.4. The third-order valence-corrected chi connectivity index (χ3v) is 3.41. The molecule has 0 spiro atoms. The van der Waals surface area contributed by atoms with Crippen molar-refractivity contribution in [2.24, 2.45) is 0 Å². The van der Waals surface area contributed by atoms with Crippen LogP contribution in [0.2, 0.25) is 0 Å². The molecule has 124 valence electrons. The van der Waals surface area contributed by atoms with Gasteiger partial charge in [0.2, 0.25) is 0 Å². The molecule has 1 rings (SSSR count). The summed E-state index contributed by atoms with van der Waals surface area (Å²) < 4.78 is 5.68. The Morgan fingerprint density at radius 3 is 2.18 bits per heavy atom. The van der Waals surface area contributed by atoms with Crippen LogP contribution < -0.4 is 15.4 Å². The van der Waals surface area contributed by atoms with Crippen LogP contribution in [0.3, 0.4) is 0 Å². The molecule has 0 atom stereocenters. The van der Waals surface area contributed by atoms with E-state index in [1.807, 2.05) is 12.1 Å². The van der Waals surface area contributed by atoms with E-state index in [-0.39, 0.29) is 11.4 Å². The largest absolute Gasteiger partial charge is 0.494 e. The molecule has 0 unspecified atom stereocenters. The SMILES string of the molecule is CCCCNC(=O)NCCCOc1ccc(C(C)(C)C)cc1. The number of amides is 2. The number of hydrogen-bond acceptors (Lipinski definition) is 2. The number of carbonyl (C=O) groups excluding carboxylic acids is 1. The molecule has 2 N–H and O–H groups in total. The molecular weight excluding hydrogens is 276 g/mol. The van der Waals surface area contributed by atoms with Gasteiger partial charge in [0.05, 0.1) is 6.61 Å². The van der Waals surface area contributed by atoms with Crippen molar-refractivity contribution in [1.29, 1.82) is 0 Å². The second-order valence-corrected chi connectivity index (χ2v) is 6.51. The van der Waals surface area contributed by atoms with E-state index in [0.29, 0.717) is 13.2 Å². The van der Waals surface area contributed by atoms with Gasteiger partial charge in [-0.15, -0.1) is 0 Å². The standard InChI is InChI=1S/C18H30N2O2/c1-5-6-12-19-17(21)20-13-7-14-22-16-10-8-15(9-11-16)18(2,3)4/h8-11H,5-7,12-14H2,1-4H3,(H2,19,20,21). The van der Waals surface area contributed by atoms with Gasteiger partial charge in [0, 0.05) is 13.1 Å². The summed E-state index contributed by atoms with van der Waals surface area (Å²) in [5, 5.41) is 5.65. The Hall–Kier alpha value is -1.71. The molecule has 1 aromatic carbocycles. The van der Waals surface area contributed by atoms with Crippen LogP contribution >= 0.6 is 0 Å². The number of unbranched alkanes of at least 4 members (excludes halogenated alkanes) is 1. The first-order valence-electron chi connectivity index (χ1n) is 8.18. The topological polar surface area (TPSA) is 50.4 Å². The summed E-state index contributed by atoms with van der Waals surface area (Å²) in [5.74, 6) is 0.875. The highest BCUT2D eigenvalue weighted by Gasteiger charge is 2.12.